The van der Waals surface area contributed by atoms with Crippen molar-refractivity contribution in [2.75, 3.05) is 19.6 Å². The van der Waals surface area contributed by atoms with Gasteiger partial charge in [-0.25, -0.2) is 9.79 Å². The number of carbonyl (C=O) groups is 2. The number of hydrogen-bond donors (Lipinski definition) is 3. The summed E-state index contributed by atoms with van der Waals surface area (Å²) in [4.78, 5) is 33.9. The summed E-state index contributed by atoms with van der Waals surface area (Å²) in [5, 5.41) is 16.8. The Morgan fingerprint density at radius 3 is 2.59 bits per heavy atom. The summed E-state index contributed by atoms with van der Waals surface area (Å²) >= 11 is 0. The van der Waals surface area contributed by atoms with Crippen LogP contribution < -0.4 is 10.6 Å². The van der Waals surface area contributed by atoms with Crippen molar-refractivity contribution in [2.45, 2.75) is 70.9 Å². The second kappa shape index (κ2) is 6.64. The summed E-state index contributed by atoms with van der Waals surface area (Å²) in [5.74, 6) is 1.24. The smallest absolute Gasteiger partial charge is 0.327 e. The fourth-order valence-corrected chi connectivity index (χ4v) is 5.91. The fourth-order valence-electron chi connectivity index (χ4n) is 5.91. The van der Waals surface area contributed by atoms with E-state index in [9.17, 15) is 14.7 Å². The highest BCUT2D eigenvalue weighted by molar-refractivity contribution is 5.94. The molecule has 3 aliphatic heterocycles. The van der Waals surface area contributed by atoms with Gasteiger partial charge in [0.15, 0.2) is 6.17 Å². The maximum Gasteiger partial charge on any atom is 0.327 e. The van der Waals surface area contributed by atoms with Gasteiger partial charge in [-0.1, -0.05) is 6.92 Å². The van der Waals surface area contributed by atoms with Crippen LogP contribution in [0.25, 0.3) is 0 Å². The molecule has 3 saturated carbocycles. The number of amides is 2. The van der Waals surface area contributed by atoms with Crippen LogP contribution in [0, 0.1) is 10.8 Å². The van der Waals surface area contributed by atoms with Crippen molar-refractivity contribution in [2.24, 2.45) is 15.8 Å². The number of nitrogens with zero attached hydrogens (tertiary/aromatic N) is 3. The van der Waals surface area contributed by atoms with Crippen LogP contribution >= 0.6 is 0 Å². The van der Waals surface area contributed by atoms with Crippen molar-refractivity contribution in [3.05, 3.63) is 11.5 Å². The Morgan fingerprint density at radius 2 is 1.93 bits per heavy atom. The van der Waals surface area contributed by atoms with Gasteiger partial charge in [0, 0.05) is 25.0 Å². The standard InChI is InChI=1S/C21H31N5O3/c1-2-12-25-16-14(15-22-11-3-4-13-26(15)19(25)29)23-17(24-16)20-5-8-21(9-6-20,10-7-20)18(27)28/h16,22H,2-13H2,1H3,(H,23,24)(H,27,28). The van der Waals surface area contributed by atoms with E-state index in [0.29, 0.717) is 6.54 Å². The third kappa shape index (κ3) is 2.67. The summed E-state index contributed by atoms with van der Waals surface area (Å²) < 4.78 is 0. The number of carbonyl (C=O) groups excluding carboxylic acids is 1. The van der Waals surface area contributed by atoms with Crippen LogP contribution in [-0.4, -0.2) is 58.5 Å². The van der Waals surface area contributed by atoms with Gasteiger partial charge in [-0.2, -0.15) is 0 Å². The molecule has 6 rings (SSSR count). The first-order valence-electron chi connectivity index (χ1n) is 11.1. The lowest BCUT2D eigenvalue weighted by Crippen LogP contribution is -2.56. The molecule has 8 nitrogen and oxygen atoms in total. The molecule has 0 spiro atoms. The largest absolute Gasteiger partial charge is 0.481 e. The lowest BCUT2D eigenvalue weighted by atomic mass is 9.53. The number of rotatable bonds is 4. The molecule has 0 aromatic carbocycles. The van der Waals surface area contributed by atoms with Crippen LogP contribution in [0.5, 0.6) is 0 Å². The number of aliphatic carboxylic acids is 1. The number of fused-ring (bicyclic) bond motifs is 5. The lowest BCUT2D eigenvalue weighted by molar-refractivity contribution is -0.156. The predicted octanol–water partition coefficient (Wildman–Crippen LogP) is 2.44. The number of amidine groups is 1. The number of urea groups is 1. The van der Waals surface area contributed by atoms with E-state index < -0.39 is 11.4 Å². The van der Waals surface area contributed by atoms with Crippen molar-refractivity contribution in [3.8, 4) is 0 Å². The van der Waals surface area contributed by atoms with Crippen LogP contribution in [0.1, 0.15) is 64.7 Å². The average molecular weight is 402 g/mol. The number of carboxylic acids is 1. The molecule has 6 aliphatic rings. The molecule has 158 valence electrons. The highest BCUT2D eigenvalue weighted by Crippen LogP contribution is 2.58. The quantitative estimate of drug-likeness (QED) is 0.672. The number of hydrogen-bond acceptors (Lipinski definition) is 5. The van der Waals surface area contributed by atoms with Gasteiger partial charge in [0.05, 0.1) is 5.41 Å². The Morgan fingerprint density at radius 1 is 1.21 bits per heavy atom. The molecule has 0 aromatic heterocycles. The van der Waals surface area contributed by atoms with Crippen LogP contribution in [-0.2, 0) is 4.79 Å². The van der Waals surface area contributed by atoms with E-state index in [1.54, 1.807) is 0 Å². The van der Waals surface area contributed by atoms with Gasteiger partial charge in [-0.05, 0) is 57.8 Å². The van der Waals surface area contributed by atoms with E-state index in [-0.39, 0.29) is 17.6 Å². The SMILES string of the molecule is CCCN1C(=O)N2CCCCNC2=C2NC(C34CCC(C(=O)O)(CC3)CC4)=NC21. The molecule has 0 radical (unpaired) electrons. The third-order valence-corrected chi connectivity index (χ3v) is 7.83. The van der Waals surface area contributed by atoms with Gasteiger partial charge in [0.2, 0.25) is 0 Å². The molecule has 29 heavy (non-hydrogen) atoms. The zero-order valence-electron chi connectivity index (χ0n) is 17.2. The third-order valence-electron chi connectivity index (χ3n) is 7.83. The number of carboxylic acid groups (broad SMARTS) is 1. The second-order valence-corrected chi connectivity index (χ2v) is 9.37. The second-order valence-electron chi connectivity index (χ2n) is 9.37. The van der Waals surface area contributed by atoms with Gasteiger partial charge in [0.1, 0.15) is 17.4 Å². The maximum absolute atomic E-state index is 13.2. The molecule has 0 aromatic rings. The van der Waals surface area contributed by atoms with Gasteiger partial charge in [0.25, 0.3) is 0 Å². The van der Waals surface area contributed by atoms with Gasteiger partial charge in [-0.3, -0.25) is 14.6 Å². The highest BCUT2D eigenvalue weighted by atomic mass is 16.4. The topological polar surface area (TPSA) is 97.3 Å². The van der Waals surface area contributed by atoms with Gasteiger partial charge < -0.3 is 15.7 Å². The molecule has 2 bridgehead atoms. The average Bonchev–Trinajstić information content (AvgIpc) is 3.04. The Bertz CT molecular complexity index is 780. The summed E-state index contributed by atoms with van der Waals surface area (Å²) in [7, 11) is 0. The lowest BCUT2D eigenvalue weighted by Gasteiger charge is -2.51. The van der Waals surface area contributed by atoms with Crippen LogP contribution in [0.15, 0.2) is 16.5 Å². The molecule has 3 heterocycles. The van der Waals surface area contributed by atoms with E-state index in [2.05, 4.69) is 17.6 Å². The molecule has 4 fully saturated rings. The molecular weight excluding hydrogens is 370 g/mol. The summed E-state index contributed by atoms with van der Waals surface area (Å²) in [6.45, 7) is 4.38. The van der Waals surface area contributed by atoms with Crippen molar-refractivity contribution >= 4 is 17.8 Å². The molecule has 8 heteroatoms. The highest BCUT2D eigenvalue weighted by Gasteiger charge is 2.56. The van der Waals surface area contributed by atoms with Crippen LogP contribution in [0.2, 0.25) is 0 Å². The monoisotopic (exact) mass is 401 g/mol. The van der Waals surface area contributed by atoms with Crippen molar-refractivity contribution in [1.29, 1.82) is 0 Å². The van der Waals surface area contributed by atoms with Crippen molar-refractivity contribution < 1.29 is 14.7 Å². The minimum absolute atomic E-state index is 0.0477. The zero-order valence-corrected chi connectivity index (χ0v) is 17.2. The van der Waals surface area contributed by atoms with Crippen molar-refractivity contribution in [1.82, 2.24) is 20.4 Å². The van der Waals surface area contributed by atoms with E-state index >= 15 is 0 Å². The molecule has 1 unspecified atom stereocenters. The summed E-state index contributed by atoms with van der Waals surface area (Å²) in [6, 6.07) is 0.0477. The first kappa shape index (κ1) is 18.8. The number of aliphatic imine (C=N–C) groups is 1. The Hall–Kier alpha value is -2.25. The molecule has 3 aliphatic carbocycles. The summed E-state index contributed by atoms with van der Waals surface area (Å²) in [6.07, 6.45) is 7.41. The number of nitrogens with one attached hydrogen (secondary N) is 2. The Kier molecular flexibility index (Phi) is 4.29. The molecular formula is C21H31N5O3. The molecule has 2 amide bonds. The normalized spacial score (nSPS) is 36.1. The van der Waals surface area contributed by atoms with E-state index in [1.165, 1.54) is 0 Å². The zero-order chi connectivity index (χ0) is 20.2. The summed E-state index contributed by atoms with van der Waals surface area (Å²) in [5.41, 5.74) is 0.405. The van der Waals surface area contributed by atoms with E-state index in [0.717, 1.165) is 88.2 Å². The minimum Gasteiger partial charge on any atom is -0.481 e. The van der Waals surface area contributed by atoms with Gasteiger partial charge >= 0.3 is 12.0 Å². The Balaban J connectivity index is 1.48. The molecule has 3 N–H and O–H groups in total. The van der Waals surface area contributed by atoms with Gasteiger partial charge in [-0.15, -0.1) is 0 Å². The molecule has 1 saturated heterocycles. The first-order valence-corrected chi connectivity index (χ1v) is 11.1. The van der Waals surface area contributed by atoms with Crippen LogP contribution in [0.3, 0.4) is 0 Å². The fraction of sp³-hybridized carbons (Fsp3) is 0.762. The van der Waals surface area contributed by atoms with Crippen LogP contribution in [0.4, 0.5) is 4.79 Å². The maximum atomic E-state index is 13.2. The van der Waals surface area contributed by atoms with E-state index in [4.69, 9.17) is 4.99 Å². The Labute approximate surface area is 171 Å². The van der Waals surface area contributed by atoms with Crippen molar-refractivity contribution in [3.63, 3.8) is 0 Å². The molecule has 1 atom stereocenters. The first-order chi connectivity index (χ1) is 14.0. The minimum atomic E-state index is -0.635. The predicted molar refractivity (Wildman–Crippen MR) is 108 cm³/mol. The van der Waals surface area contributed by atoms with E-state index in [1.807, 2.05) is 9.80 Å².